The van der Waals surface area contributed by atoms with Gasteiger partial charge in [-0.1, -0.05) is 0 Å². The van der Waals surface area contributed by atoms with Gasteiger partial charge in [0, 0.05) is 5.46 Å². The molecule has 0 amide bonds. The monoisotopic (exact) mass is 357 g/mol. The Morgan fingerprint density at radius 1 is 1.31 bits per heavy atom. The molecule has 2 aromatic rings. The maximum atomic E-state index is 9.91. The van der Waals surface area contributed by atoms with E-state index in [0.29, 0.717) is 22.3 Å². The van der Waals surface area contributed by atoms with Crippen molar-refractivity contribution in [1.82, 2.24) is 9.61 Å². The fourth-order valence-electron chi connectivity index (χ4n) is 2.70. The highest BCUT2D eigenvalue weighted by molar-refractivity contribution is 6.64. The maximum absolute atomic E-state index is 9.91. The molecule has 0 aromatic carbocycles. The predicted molar refractivity (Wildman–Crippen MR) is 97.4 cm³/mol. The van der Waals surface area contributed by atoms with E-state index in [-0.39, 0.29) is 6.61 Å². The van der Waals surface area contributed by atoms with Gasteiger partial charge in [-0.3, -0.25) is 0 Å². The number of ether oxygens (including phenoxy) is 1. The first-order valence-corrected chi connectivity index (χ1v) is 8.56. The Morgan fingerprint density at radius 3 is 2.46 bits per heavy atom. The van der Waals surface area contributed by atoms with Crippen LogP contribution in [0.25, 0.3) is 5.52 Å². The van der Waals surface area contributed by atoms with E-state index in [1.807, 2.05) is 27.7 Å². The van der Waals surface area contributed by atoms with Crippen LogP contribution in [0.5, 0.6) is 5.75 Å². The van der Waals surface area contributed by atoms with Gasteiger partial charge >= 0.3 is 7.12 Å². The van der Waals surface area contributed by atoms with Gasteiger partial charge in [0.1, 0.15) is 18.4 Å². The molecule has 0 atom stereocenters. The first-order valence-electron chi connectivity index (χ1n) is 8.56. The van der Waals surface area contributed by atoms with Crippen molar-refractivity contribution >= 4 is 18.1 Å². The van der Waals surface area contributed by atoms with Gasteiger partial charge in [-0.15, -0.1) is 0 Å². The molecule has 2 aromatic heterocycles. The van der Waals surface area contributed by atoms with E-state index in [1.54, 1.807) is 30.6 Å². The Bertz CT molecular complexity index is 861. The zero-order chi connectivity index (χ0) is 19.3. The SMILES string of the molecule is CC(C)(O)COc1cc(B2OC(C)(C)C(C)(C)O2)c2c(C#N)cnn2c1. The summed E-state index contributed by atoms with van der Waals surface area (Å²) in [6.45, 7) is 11.3. The molecule has 1 aliphatic heterocycles. The molecule has 0 aliphatic carbocycles. The second-order valence-electron chi connectivity index (χ2n) is 8.28. The molecule has 0 unspecified atom stereocenters. The number of aliphatic hydroxyl groups is 1. The minimum absolute atomic E-state index is 0.119. The Balaban J connectivity index is 2.07. The second-order valence-corrected chi connectivity index (χ2v) is 8.28. The lowest BCUT2D eigenvalue weighted by molar-refractivity contribution is 0.00578. The first kappa shape index (κ1) is 18.7. The van der Waals surface area contributed by atoms with E-state index >= 15 is 0 Å². The smallest absolute Gasteiger partial charge is 0.489 e. The van der Waals surface area contributed by atoms with Crippen LogP contribution >= 0.6 is 0 Å². The highest BCUT2D eigenvalue weighted by atomic mass is 16.7. The third kappa shape index (κ3) is 3.30. The third-order valence-corrected chi connectivity index (χ3v) is 4.84. The summed E-state index contributed by atoms with van der Waals surface area (Å²) in [5, 5.41) is 23.6. The Labute approximate surface area is 153 Å². The van der Waals surface area contributed by atoms with E-state index in [4.69, 9.17) is 14.0 Å². The van der Waals surface area contributed by atoms with Crippen molar-refractivity contribution < 1.29 is 19.2 Å². The van der Waals surface area contributed by atoms with Crippen LogP contribution in [-0.4, -0.2) is 45.2 Å². The second kappa shape index (κ2) is 5.98. The summed E-state index contributed by atoms with van der Waals surface area (Å²) >= 11 is 0. The van der Waals surface area contributed by atoms with Crippen molar-refractivity contribution in [2.75, 3.05) is 6.61 Å². The van der Waals surface area contributed by atoms with Crippen LogP contribution in [0, 0.1) is 11.3 Å². The van der Waals surface area contributed by atoms with Gasteiger partial charge in [0.2, 0.25) is 0 Å². The molecule has 7 nitrogen and oxygen atoms in total. The highest BCUT2D eigenvalue weighted by Crippen LogP contribution is 2.37. The van der Waals surface area contributed by atoms with Gasteiger partial charge in [-0.2, -0.15) is 10.4 Å². The van der Waals surface area contributed by atoms with Crippen LogP contribution < -0.4 is 10.2 Å². The topological polar surface area (TPSA) is 89.0 Å². The zero-order valence-electron chi connectivity index (χ0n) is 16.0. The molecule has 1 N–H and O–H groups in total. The van der Waals surface area contributed by atoms with Crippen molar-refractivity contribution in [3.8, 4) is 11.8 Å². The van der Waals surface area contributed by atoms with Crippen molar-refractivity contribution in [3.05, 3.63) is 24.0 Å². The maximum Gasteiger partial charge on any atom is 0.497 e. The van der Waals surface area contributed by atoms with Crippen molar-refractivity contribution in [1.29, 1.82) is 5.26 Å². The molecule has 0 saturated carbocycles. The van der Waals surface area contributed by atoms with Gasteiger partial charge in [0.25, 0.3) is 0 Å². The van der Waals surface area contributed by atoms with E-state index in [1.165, 1.54) is 6.20 Å². The normalized spacial score (nSPS) is 18.9. The average molecular weight is 357 g/mol. The first-order chi connectivity index (χ1) is 11.9. The average Bonchev–Trinajstić information content (AvgIpc) is 3.01. The van der Waals surface area contributed by atoms with Crippen LogP contribution in [0.1, 0.15) is 47.1 Å². The summed E-state index contributed by atoms with van der Waals surface area (Å²) in [6.07, 6.45) is 3.18. The molecule has 138 valence electrons. The lowest BCUT2D eigenvalue weighted by atomic mass is 9.78. The lowest BCUT2D eigenvalue weighted by Gasteiger charge is -2.32. The molecule has 0 bridgehead atoms. The Hall–Kier alpha value is -2.08. The molecular formula is C18H24BN3O4. The summed E-state index contributed by atoms with van der Waals surface area (Å²) in [5.41, 5.74) is -0.255. The molecule has 3 heterocycles. The number of hydrogen-bond donors (Lipinski definition) is 1. The van der Waals surface area contributed by atoms with Gasteiger partial charge in [0.05, 0.1) is 40.3 Å². The van der Waals surface area contributed by atoms with Gasteiger partial charge < -0.3 is 19.2 Å². The zero-order valence-corrected chi connectivity index (χ0v) is 16.0. The van der Waals surface area contributed by atoms with Crippen molar-refractivity contribution in [2.45, 2.75) is 58.3 Å². The standard InChI is InChI=1S/C18H24BN3O4/c1-16(2,23)11-24-13-7-14(15-12(8-20)9-21-22(15)10-13)19-25-17(3,4)18(5,6)26-19/h7,9-10,23H,11H2,1-6H3. The van der Waals surface area contributed by atoms with E-state index < -0.39 is 23.9 Å². The number of aromatic nitrogens is 2. The van der Waals surface area contributed by atoms with Gasteiger partial charge in [-0.25, -0.2) is 4.52 Å². The molecule has 0 spiro atoms. The minimum Gasteiger partial charge on any atom is -0.489 e. The summed E-state index contributed by atoms with van der Waals surface area (Å²) in [5.74, 6) is 0.511. The Morgan fingerprint density at radius 2 is 1.92 bits per heavy atom. The van der Waals surface area contributed by atoms with Crippen LogP contribution in [0.4, 0.5) is 0 Å². The number of nitrogens with zero attached hydrogens (tertiary/aromatic N) is 3. The Kier molecular flexibility index (Phi) is 4.30. The van der Waals surface area contributed by atoms with Crippen LogP contribution in [-0.2, 0) is 9.31 Å². The van der Waals surface area contributed by atoms with Crippen LogP contribution in [0.3, 0.4) is 0 Å². The number of fused-ring (bicyclic) bond motifs is 1. The number of pyridine rings is 1. The number of nitriles is 1. The molecule has 0 radical (unpaired) electrons. The summed E-state index contributed by atoms with van der Waals surface area (Å²) in [4.78, 5) is 0. The van der Waals surface area contributed by atoms with E-state index in [0.717, 1.165) is 0 Å². The summed E-state index contributed by atoms with van der Waals surface area (Å²) < 4.78 is 19.6. The van der Waals surface area contributed by atoms with Crippen LogP contribution in [0.15, 0.2) is 18.5 Å². The van der Waals surface area contributed by atoms with Gasteiger partial charge in [0.15, 0.2) is 0 Å². The fraction of sp³-hybridized carbons (Fsp3) is 0.556. The molecule has 1 fully saturated rings. The van der Waals surface area contributed by atoms with Gasteiger partial charge in [-0.05, 0) is 47.6 Å². The predicted octanol–water partition coefficient (Wildman–Crippen LogP) is 1.65. The molecule has 1 saturated heterocycles. The molecule has 1 aliphatic rings. The van der Waals surface area contributed by atoms with Crippen molar-refractivity contribution in [2.24, 2.45) is 0 Å². The summed E-state index contributed by atoms with van der Waals surface area (Å²) in [6, 6.07) is 3.94. The van der Waals surface area contributed by atoms with Crippen molar-refractivity contribution in [3.63, 3.8) is 0 Å². The van der Waals surface area contributed by atoms with Crippen LogP contribution in [0.2, 0.25) is 0 Å². The molecule has 3 rings (SSSR count). The fourth-order valence-corrected chi connectivity index (χ4v) is 2.70. The summed E-state index contributed by atoms with van der Waals surface area (Å²) in [7, 11) is -0.656. The minimum atomic E-state index is -0.971. The van der Waals surface area contributed by atoms with E-state index in [2.05, 4.69) is 11.2 Å². The quantitative estimate of drug-likeness (QED) is 0.837. The molecular weight excluding hydrogens is 333 g/mol. The highest BCUT2D eigenvalue weighted by Gasteiger charge is 2.52. The number of hydrogen-bond acceptors (Lipinski definition) is 6. The molecule has 26 heavy (non-hydrogen) atoms. The molecule has 8 heteroatoms. The number of rotatable bonds is 4. The van der Waals surface area contributed by atoms with E-state index in [9.17, 15) is 10.4 Å². The lowest BCUT2D eigenvalue weighted by Crippen LogP contribution is -2.41. The largest absolute Gasteiger partial charge is 0.497 e. The third-order valence-electron chi connectivity index (χ3n) is 4.84.